The molecule has 0 amide bonds. The smallest absolute Gasteiger partial charge is 0.0601 e. The lowest BCUT2D eigenvalue weighted by atomic mass is 10.2. The van der Waals surface area contributed by atoms with Crippen molar-refractivity contribution >= 4 is 11.3 Å². The van der Waals surface area contributed by atoms with Crippen LogP contribution in [0.1, 0.15) is 41.0 Å². The van der Waals surface area contributed by atoms with Crippen LogP contribution in [0.15, 0.2) is 6.07 Å². The number of thiophene rings is 1. The third-order valence-electron chi connectivity index (χ3n) is 4.14. The fourth-order valence-electron chi connectivity index (χ4n) is 2.58. The number of rotatable bonds is 8. The molecular formula is C17H24N2S. The summed E-state index contributed by atoms with van der Waals surface area (Å²) in [6.45, 7) is 6.25. The first-order valence-electron chi connectivity index (χ1n) is 7.72. The molecule has 1 aromatic heterocycles. The lowest BCUT2D eigenvalue weighted by Gasteiger charge is -2.19. The van der Waals surface area contributed by atoms with E-state index in [1.807, 2.05) is 11.3 Å². The molecule has 3 heteroatoms. The van der Waals surface area contributed by atoms with E-state index in [2.05, 4.69) is 29.1 Å². The van der Waals surface area contributed by atoms with Gasteiger partial charge in [-0.25, -0.2) is 0 Å². The second-order valence-electron chi connectivity index (χ2n) is 6.27. The molecule has 2 aliphatic carbocycles. The second-order valence-corrected chi connectivity index (χ2v) is 7.61. The monoisotopic (exact) mass is 288 g/mol. The predicted octanol–water partition coefficient (Wildman–Crippen LogP) is 3.15. The fourth-order valence-corrected chi connectivity index (χ4v) is 3.59. The van der Waals surface area contributed by atoms with Gasteiger partial charge in [-0.15, -0.1) is 17.8 Å². The van der Waals surface area contributed by atoms with Crippen LogP contribution in [0, 0.1) is 25.2 Å². The van der Waals surface area contributed by atoms with Crippen LogP contribution in [0.2, 0.25) is 0 Å². The molecule has 1 aromatic rings. The van der Waals surface area contributed by atoms with Gasteiger partial charge in [0.15, 0.2) is 0 Å². The molecule has 0 bridgehead atoms. The number of hydrogen-bond donors (Lipinski definition) is 1. The minimum Gasteiger partial charge on any atom is -0.309 e. The normalized spacial score (nSPS) is 18.4. The highest BCUT2D eigenvalue weighted by Crippen LogP contribution is 2.31. The summed E-state index contributed by atoms with van der Waals surface area (Å²) >= 11 is 1.94. The minimum absolute atomic E-state index is 0.779. The van der Waals surface area contributed by atoms with Gasteiger partial charge in [0.25, 0.3) is 0 Å². The van der Waals surface area contributed by atoms with Crippen LogP contribution in [-0.2, 0) is 13.1 Å². The Morgan fingerprint density at radius 2 is 2.20 bits per heavy atom. The van der Waals surface area contributed by atoms with Crippen molar-refractivity contribution in [1.29, 1.82) is 0 Å². The van der Waals surface area contributed by atoms with E-state index in [1.165, 1.54) is 47.5 Å². The predicted molar refractivity (Wildman–Crippen MR) is 85.8 cm³/mol. The quantitative estimate of drug-likeness (QED) is 0.739. The van der Waals surface area contributed by atoms with Gasteiger partial charge in [0.05, 0.1) is 6.54 Å². The number of aryl methyl sites for hydroxylation is 1. The maximum Gasteiger partial charge on any atom is 0.0601 e. The van der Waals surface area contributed by atoms with Crippen molar-refractivity contribution in [1.82, 2.24) is 10.2 Å². The van der Waals surface area contributed by atoms with Gasteiger partial charge in [-0.05, 0) is 50.2 Å². The van der Waals surface area contributed by atoms with E-state index in [0.29, 0.717) is 0 Å². The number of hydrogen-bond acceptors (Lipinski definition) is 3. The molecule has 2 fully saturated rings. The van der Waals surface area contributed by atoms with Crippen LogP contribution >= 0.6 is 11.3 Å². The molecule has 2 saturated carbocycles. The Morgan fingerprint density at radius 1 is 1.40 bits per heavy atom. The molecule has 0 aromatic carbocycles. The standard InChI is InChI=1S/C17H24N2S/c1-3-8-19(11-14-4-5-14)12-15-9-17(20-13(15)2)10-18-16-6-7-16/h1,9,14,16,18H,4-8,10-12H2,2H3. The van der Waals surface area contributed by atoms with Gasteiger partial charge in [0.1, 0.15) is 0 Å². The summed E-state index contributed by atoms with van der Waals surface area (Å²) in [5.41, 5.74) is 1.47. The zero-order valence-electron chi connectivity index (χ0n) is 12.3. The summed E-state index contributed by atoms with van der Waals surface area (Å²) in [6.07, 6.45) is 11.0. The van der Waals surface area contributed by atoms with Crippen molar-refractivity contribution in [2.45, 2.75) is 51.7 Å². The van der Waals surface area contributed by atoms with E-state index in [4.69, 9.17) is 6.42 Å². The Balaban J connectivity index is 1.57. The third-order valence-corrected chi connectivity index (χ3v) is 5.23. The molecule has 2 nitrogen and oxygen atoms in total. The summed E-state index contributed by atoms with van der Waals surface area (Å²) in [6, 6.07) is 3.17. The van der Waals surface area contributed by atoms with Crippen molar-refractivity contribution in [3.8, 4) is 12.3 Å². The molecule has 0 aliphatic heterocycles. The minimum atomic E-state index is 0.779. The summed E-state index contributed by atoms with van der Waals surface area (Å²) in [7, 11) is 0. The molecule has 0 spiro atoms. The SMILES string of the molecule is C#CCN(Cc1cc(CNC2CC2)sc1C)CC1CC1. The van der Waals surface area contributed by atoms with Gasteiger partial charge in [-0.2, -0.15) is 0 Å². The van der Waals surface area contributed by atoms with E-state index in [1.54, 1.807) is 0 Å². The van der Waals surface area contributed by atoms with E-state index in [-0.39, 0.29) is 0 Å². The summed E-state index contributed by atoms with van der Waals surface area (Å²) in [5, 5.41) is 3.60. The van der Waals surface area contributed by atoms with Crippen molar-refractivity contribution in [2.24, 2.45) is 5.92 Å². The Bertz CT molecular complexity index is 492. The van der Waals surface area contributed by atoms with Crippen LogP contribution in [0.25, 0.3) is 0 Å². The highest BCUT2D eigenvalue weighted by molar-refractivity contribution is 7.12. The molecule has 0 unspecified atom stereocenters. The Morgan fingerprint density at radius 3 is 2.85 bits per heavy atom. The van der Waals surface area contributed by atoms with Gasteiger partial charge in [0, 0.05) is 35.4 Å². The fraction of sp³-hybridized carbons (Fsp3) is 0.647. The van der Waals surface area contributed by atoms with Crippen LogP contribution in [0.3, 0.4) is 0 Å². The highest BCUT2D eigenvalue weighted by atomic mass is 32.1. The van der Waals surface area contributed by atoms with Crippen LogP contribution in [-0.4, -0.2) is 24.0 Å². The molecule has 108 valence electrons. The summed E-state index contributed by atoms with van der Waals surface area (Å²) in [4.78, 5) is 5.36. The second kappa shape index (κ2) is 6.30. The molecule has 3 rings (SSSR count). The lowest BCUT2D eigenvalue weighted by molar-refractivity contribution is 0.286. The molecule has 0 saturated heterocycles. The highest BCUT2D eigenvalue weighted by Gasteiger charge is 2.24. The van der Waals surface area contributed by atoms with Gasteiger partial charge in [-0.1, -0.05) is 5.92 Å². The molecular weight excluding hydrogens is 264 g/mol. The zero-order valence-corrected chi connectivity index (χ0v) is 13.1. The number of terminal acetylenes is 1. The van der Waals surface area contributed by atoms with Crippen molar-refractivity contribution in [3.05, 3.63) is 21.4 Å². The average Bonchev–Trinajstić information content (AvgIpc) is 3.31. The van der Waals surface area contributed by atoms with Gasteiger partial charge >= 0.3 is 0 Å². The van der Waals surface area contributed by atoms with Crippen LogP contribution in [0.4, 0.5) is 0 Å². The van der Waals surface area contributed by atoms with Crippen molar-refractivity contribution < 1.29 is 0 Å². The van der Waals surface area contributed by atoms with E-state index < -0.39 is 0 Å². The number of nitrogens with zero attached hydrogens (tertiary/aromatic N) is 1. The van der Waals surface area contributed by atoms with Crippen molar-refractivity contribution in [2.75, 3.05) is 13.1 Å². The third kappa shape index (κ3) is 4.09. The first kappa shape index (κ1) is 14.1. The van der Waals surface area contributed by atoms with E-state index >= 15 is 0 Å². The average molecular weight is 288 g/mol. The largest absolute Gasteiger partial charge is 0.309 e. The lowest BCUT2D eigenvalue weighted by Crippen LogP contribution is -2.26. The summed E-state index contributed by atoms with van der Waals surface area (Å²) in [5.74, 6) is 3.71. The molecule has 2 aliphatic rings. The van der Waals surface area contributed by atoms with Gasteiger partial charge < -0.3 is 5.32 Å². The Labute approximate surface area is 126 Å². The topological polar surface area (TPSA) is 15.3 Å². The molecule has 1 heterocycles. The molecule has 0 atom stereocenters. The first-order valence-corrected chi connectivity index (χ1v) is 8.53. The van der Waals surface area contributed by atoms with E-state index in [0.717, 1.165) is 31.6 Å². The van der Waals surface area contributed by atoms with Gasteiger partial charge in [0.2, 0.25) is 0 Å². The maximum absolute atomic E-state index is 5.51. The van der Waals surface area contributed by atoms with Crippen LogP contribution in [0.5, 0.6) is 0 Å². The molecule has 20 heavy (non-hydrogen) atoms. The molecule has 0 radical (unpaired) electrons. The number of nitrogens with one attached hydrogen (secondary N) is 1. The summed E-state index contributed by atoms with van der Waals surface area (Å²) < 4.78 is 0. The maximum atomic E-state index is 5.51. The molecule has 1 N–H and O–H groups in total. The van der Waals surface area contributed by atoms with Gasteiger partial charge in [-0.3, -0.25) is 4.90 Å². The Hall–Kier alpha value is -0.820. The van der Waals surface area contributed by atoms with Crippen LogP contribution < -0.4 is 5.32 Å². The zero-order chi connectivity index (χ0) is 13.9. The van der Waals surface area contributed by atoms with Crippen molar-refractivity contribution in [3.63, 3.8) is 0 Å². The first-order chi connectivity index (χ1) is 9.74. The van der Waals surface area contributed by atoms with E-state index in [9.17, 15) is 0 Å². The Kier molecular flexibility index (Phi) is 4.45.